The first kappa shape index (κ1) is 1.61. The highest BCUT2D eigenvalue weighted by Crippen LogP contribution is 1.90. The zero-order valence-electron chi connectivity index (χ0n) is 5.07. The second-order valence-corrected chi connectivity index (χ2v) is 1.15. The molecule has 1 aliphatic rings. The third-order valence-corrected chi connectivity index (χ3v) is 0.691. The summed E-state index contributed by atoms with van der Waals surface area (Å²) in [6.45, 7) is 0.530. The Bertz CT molecular complexity index is 58.7. The van der Waals surface area contributed by atoms with Crippen LogP contribution in [0, 0.1) is 0 Å². The first-order valence-corrected chi connectivity index (χ1v) is 1.88. The Morgan fingerprint density at radius 3 is 3.00 bits per heavy atom. The Hall–Kier alpha value is -0.0400. The molecule has 0 aromatic heterocycles. The predicted molar refractivity (Wildman–Crippen MR) is 22.1 cm³/mol. The van der Waals surface area contributed by atoms with Crippen LogP contribution in [0.2, 0.25) is 0 Å². The van der Waals surface area contributed by atoms with Crippen LogP contribution in [0.3, 0.4) is 0 Å². The van der Waals surface area contributed by atoms with E-state index in [1.807, 2.05) is 0 Å². The van der Waals surface area contributed by atoms with Gasteiger partial charge in [0, 0.05) is 2.74 Å². The summed E-state index contributed by atoms with van der Waals surface area (Å²) in [4.78, 5) is 0. The van der Waals surface area contributed by atoms with E-state index in [9.17, 15) is 0 Å². The van der Waals surface area contributed by atoms with Gasteiger partial charge in [0.05, 0.1) is 0 Å². The molecule has 0 spiro atoms. The normalized spacial score (nSPS) is 59.2. The van der Waals surface area contributed by atoms with E-state index in [1.54, 1.807) is 0 Å². The van der Waals surface area contributed by atoms with E-state index >= 15 is 0 Å². The molecule has 0 radical (unpaired) electrons. The lowest BCUT2D eigenvalue weighted by atomic mass is 10.4. The zero-order chi connectivity index (χ0) is 5.28. The van der Waals surface area contributed by atoms with Crippen molar-refractivity contribution in [1.82, 2.24) is 5.32 Å². The summed E-state index contributed by atoms with van der Waals surface area (Å²) in [6, 6.07) is 0. The van der Waals surface area contributed by atoms with E-state index in [0.717, 1.165) is 13.0 Å². The van der Waals surface area contributed by atoms with Crippen LogP contribution < -0.4 is 5.32 Å². The van der Waals surface area contributed by atoms with Crippen LogP contribution in [-0.2, 0) is 0 Å². The number of rotatable bonds is 0. The minimum Gasteiger partial charge on any atom is -0.317 e. The van der Waals surface area contributed by atoms with Gasteiger partial charge in [0.25, 0.3) is 0 Å². The average molecular weight is 73.1 g/mol. The fraction of sp³-hybridized carbons (Fsp3) is 1.00. The smallest absolute Gasteiger partial charge is 0.0428 e. The van der Waals surface area contributed by atoms with E-state index in [-0.39, 0.29) is 12.9 Å². The van der Waals surface area contributed by atoms with Crippen LogP contribution >= 0.6 is 0 Å². The summed E-state index contributed by atoms with van der Waals surface area (Å²) < 4.78 is 14.1. The van der Waals surface area contributed by atoms with Crippen molar-refractivity contribution in [3.05, 3.63) is 0 Å². The molecule has 0 aromatic carbocycles. The molecule has 1 N–H and O–H groups in total. The van der Waals surface area contributed by atoms with Gasteiger partial charge in [-0.15, -0.1) is 0 Å². The Morgan fingerprint density at radius 2 is 2.80 bits per heavy atom. The summed E-state index contributed by atoms with van der Waals surface area (Å²) in [5.41, 5.74) is 0. The molecule has 0 aliphatic carbocycles. The molecule has 5 heavy (non-hydrogen) atoms. The third-order valence-electron chi connectivity index (χ3n) is 0.691. The Morgan fingerprint density at radius 1 is 1.80 bits per heavy atom. The second-order valence-electron chi connectivity index (χ2n) is 1.15. The lowest BCUT2D eigenvalue weighted by Gasteiger charge is -1.76. The van der Waals surface area contributed by atoms with Crippen molar-refractivity contribution in [2.24, 2.45) is 0 Å². The molecule has 0 aromatic rings. The highest BCUT2D eigenvalue weighted by Gasteiger charge is 1.93. The summed E-state index contributed by atoms with van der Waals surface area (Å²) in [6.07, 6.45) is 0.661. The molecule has 1 aliphatic heterocycles. The van der Waals surface area contributed by atoms with E-state index in [2.05, 4.69) is 5.32 Å². The van der Waals surface area contributed by atoms with Crippen molar-refractivity contribution >= 4 is 0 Å². The van der Waals surface area contributed by atoms with Crippen molar-refractivity contribution in [3.8, 4) is 0 Å². The molecular formula is C4H9N. The molecule has 1 fully saturated rings. The minimum absolute atomic E-state index is 0.181. The maximum Gasteiger partial charge on any atom is 0.0428 e. The van der Waals surface area contributed by atoms with Crippen LogP contribution in [-0.4, -0.2) is 13.1 Å². The Labute approximate surface area is 35.2 Å². The Balaban J connectivity index is 2.33. The van der Waals surface area contributed by atoms with Gasteiger partial charge in [0.15, 0.2) is 0 Å². The zero-order valence-corrected chi connectivity index (χ0v) is 3.07. The topological polar surface area (TPSA) is 12.0 Å². The van der Waals surface area contributed by atoms with Gasteiger partial charge < -0.3 is 5.32 Å². The van der Waals surface area contributed by atoms with Crippen LogP contribution in [0.25, 0.3) is 0 Å². The molecule has 2 unspecified atom stereocenters. The molecule has 1 nitrogen and oxygen atoms in total. The molecule has 1 heterocycles. The molecule has 0 saturated carbocycles. The molecule has 30 valence electrons. The van der Waals surface area contributed by atoms with Gasteiger partial charge in [0.2, 0.25) is 0 Å². The lowest BCUT2D eigenvalue weighted by Crippen LogP contribution is -2.03. The van der Waals surface area contributed by atoms with E-state index in [1.165, 1.54) is 0 Å². The lowest BCUT2D eigenvalue weighted by molar-refractivity contribution is 0.857. The summed E-state index contributed by atoms with van der Waals surface area (Å²) in [5, 5.41) is 2.85. The van der Waals surface area contributed by atoms with Gasteiger partial charge in [-0.1, -0.05) is 0 Å². The Kier molecular flexibility index (Phi) is 0.453. The van der Waals surface area contributed by atoms with Crippen molar-refractivity contribution in [2.45, 2.75) is 12.8 Å². The standard InChI is InChI=1S/C4H9N/c1-2-4-5-3-1/h5H,1-4H2/i1D,3D. The summed E-state index contributed by atoms with van der Waals surface area (Å²) >= 11 is 0. The van der Waals surface area contributed by atoms with Crippen LogP contribution in [0.4, 0.5) is 0 Å². The first-order valence-electron chi connectivity index (χ1n) is 3.04. The maximum absolute atomic E-state index is 7.09. The first-order chi connectivity index (χ1) is 3.30. The molecule has 1 saturated heterocycles. The van der Waals surface area contributed by atoms with Gasteiger partial charge in [0.1, 0.15) is 0 Å². The highest BCUT2D eigenvalue weighted by atomic mass is 14.9. The number of nitrogens with one attached hydrogen (secondary N) is 1. The largest absolute Gasteiger partial charge is 0.317 e. The molecule has 1 heteroatoms. The summed E-state index contributed by atoms with van der Waals surface area (Å²) in [7, 11) is 0. The molecule has 2 atom stereocenters. The van der Waals surface area contributed by atoms with E-state index < -0.39 is 0 Å². The maximum atomic E-state index is 7.09. The van der Waals surface area contributed by atoms with Gasteiger partial charge in [-0.3, -0.25) is 0 Å². The van der Waals surface area contributed by atoms with Crippen molar-refractivity contribution < 1.29 is 2.74 Å². The highest BCUT2D eigenvalue weighted by molar-refractivity contribution is 4.55. The van der Waals surface area contributed by atoms with Gasteiger partial charge in [-0.05, 0) is 25.9 Å². The molecule has 0 amide bonds. The molecule has 0 bridgehead atoms. The van der Waals surface area contributed by atoms with Crippen molar-refractivity contribution in [3.63, 3.8) is 0 Å². The average Bonchev–Trinajstić information content (AvgIpc) is 1.91. The van der Waals surface area contributed by atoms with E-state index in [0.29, 0.717) is 0 Å². The van der Waals surface area contributed by atoms with Crippen LogP contribution in [0.15, 0.2) is 0 Å². The molecular weight excluding hydrogens is 62.1 g/mol. The van der Waals surface area contributed by atoms with Crippen molar-refractivity contribution in [1.29, 1.82) is 0 Å². The summed E-state index contributed by atoms with van der Waals surface area (Å²) in [5.74, 6) is 0. The third kappa shape index (κ3) is 0.618. The predicted octanol–water partition coefficient (Wildman–Crippen LogP) is 0.370. The quantitative estimate of drug-likeness (QED) is 0.437. The number of hydrogen-bond acceptors (Lipinski definition) is 1. The minimum atomic E-state index is -0.319. The molecule has 1 rings (SSSR count). The van der Waals surface area contributed by atoms with Gasteiger partial charge in [-0.25, -0.2) is 0 Å². The van der Waals surface area contributed by atoms with Crippen LogP contribution in [0.1, 0.15) is 15.6 Å². The number of hydrogen-bond donors (Lipinski definition) is 1. The van der Waals surface area contributed by atoms with Gasteiger partial charge >= 0.3 is 0 Å². The second kappa shape index (κ2) is 1.41. The fourth-order valence-corrected chi connectivity index (χ4v) is 0.417. The van der Waals surface area contributed by atoms with E-state index in [4.69, 9.17) is 2.74 Å². The SMILES string of the molecule is [2H]C1CCNC1[2H]. The van der Waals surface area contributed by atoms with Crippen molar-refractivity contribution in [2.75, 3.05) is 13.1 Å². The van der Waals surface area contributed by atoms with Crippen LogP contribution in [0.5, 0.6) is 0 Å². The fourth-order valence-electron chi connectivity index (χ4n) is 0.417. The van der Waals surface area contributed by atoms with Gasteiger partial charge in [-0.2, -0.15) is 0 Å². The monoisotopic (exact) mass is 73.1 g/mol.